The Kier molecular flexibility index (Phi) is 13.1. The van der Waals surface area contributed by atoms with E-state index < -0.39 is 24.0 Å². The van der Waals surface area contributed by atoms with Crippen molar-refractivity contribution in [3.05, 3.63) is 65.0 Å². The highest BCUT2D eigenvalue weighted by Gasteiger charge is 2.27. The number of aliphatic hydroxyl groups excluding tert-OH is 1. The van der Waals surface area contributed by atoms with Crippen LogP contribution >= 0.6 is 11.8 Å². The molecule has 3 unspecified atom stereocenters. The standard InChI is InChI=1S/C30H42FN3O4S/c1-3-21-8-7-9-22(14-21)19-32-20-28(35)27-17-23-15-24(31)18-25(16-23)38-12-6-4-5-10-29(36)33-26(11-13-39-2)30(37)34-27/h7-9,14-16,18,26-28,32,35H,3-6,10-13,17,19-20H2,1-2H3,(H,33,36)(H,34,37). The van der Waals surface area contributed by atoms with Crippen molar-refractivity contribution in [2.24, 2.45) is 0 Å². The van der Waals surface area contributed by atoms with Crippen LogP contribution in [0.1, 0.15) is 55.7 Å². The number of nitrogens with one attached hydrogen (secondary N) is 3. The maximum absolute atomic E-state index is 14.5. The van der Waals surface area contributed by atoms with E-state index in [9.17, 15) is 19.1 Å². The molecular weight excluding hydrogens is 517 g/mol. The van der Waals surface area contributed by atoms with Gasteiger partial charge in [-0.25, -0.2) is 4.39 Å². The number of hydrogen-bond donors (Lipinski definition) is 4. The maximum Gasteiger partial charge on any atom is 0.242 e. The highest BCUT2D eigenvalue weighted by molar-refractivity contribution is 7.98. The van der Waals surface area contributed by atoms with Gasteiger partial charge in [0.1, 0.15) is 17.6 Å². The van der Waals surface area contributed by atoms with Crippen LogP contribution in [0.5, 0.6) is 5.75 Å². The van der Waals surface area contributed by atoms with Gasteiger partial charge in [0.05, 0.1) is 18.8 Å². The van der Waals surface area contributed by atoms with Crippen molar-refractivity contribution in [3.8, 4) is 5.75 Å². The van der Waals surface area contributed by atoms with Crippen molar-refractivity contribution in [1.29, 1.82) is 0 Å². The maximum atomic E-state index is 14.5. The number of carbonyl (C=O) groups excluding carboxylic acids is 2. The number of rotatable bonds is 9. The average molecular weight is 560 g/mol. The first-order valence-electron chi connectivity index (χ1n) is 13.9. The van der Waals surface area contributed by atoms with Crippen LogP contribution in [0.4, 0.5) is 4.39 Å². The Morgan fingerprint density at radius 1 is 1.13 bits per heavy atom. The SMILES string of the molecule is CCc1cccc(CNCC(O)C2Cc3cc(F)cc(c3)OCCCCCC(=O)NC(CCSC)C(=O)N2)c1. The van der Waals surface area contributed by atoms with Crippen molar-refractivity contribution in [2.75, 3.05) is 25.2 Å². The van der Waals surface area contributed by atoms with Crippen molar-refractivity contribution < 1.29 is 23.8 Å². The first-order chi connectivity index (χ1) is 18.9. The third-order valence-electron chi connectivity index (χ3n) is 6.84. The molecule has 0 aromatic heterocycles. The van der Waals surface area contributed by atoms with Gasteiger partial charge < -0.3 is 25.8 Å². The molecule has 1 heterocycles. The molecule has 4 N–H and O–H groups in total. The number of aryl methyl sites for hydroxylation is 1. The second-order valence-corrected chi connectivity index (χ2v) is 11.0. The van der Waals surface area contributed by atoms with Crippen LogP contribution in [-0.4, -0.2) is 60.3 Å². The van der Waals surface area contributed by atoms with E-state index in [0.717, 1.165) is 24.8 Å². The van der Waals surface area contributed by atoms with Crippen LogP contribution in [0.2, 0.25) is 0 Å². The molecule has 9 heteroatoms. The minimum absolute atomic E-state index is 0.162. The fourth-order valence-electron chi connectivity index (χ4n) is 4.63. The lowest BCUT2D eigenvalue weighted by Crippen LogP contribution is -2.55. The van der Waals surface area contributed by atoms with Crippen LogP contribution in [-0.2, 0) is 29.0 Å². The zero-order valence-corrected chi connectivity index (χ0v) is 23.8. The van der Waals surface area contributed by atoms with Gasteiger partial charge in [0, 0.05) is 25.6 Å². The first-order valence-corrected chi connectivity index (χ1v) is 15.2. The quantitative estimate of drug-likeness (QED) is 0.374. The molecule has 3 rings (SSSR count). The third-order valence-corrected chi connectivity index (χ3v) is 7.48. The molecule has 1 aliphatic heterocycles. The highest BCUT2D eigenvalue weighted by atomic mass is 32.2. The third kappa shape index (κ3) is 10.8. The summed E-state index contributed by atoms with van der Waals surface area (Å²) in [6.07, 6.45) is 5.16. The van der Waals surface area contributed by atoms with Gasteiger partial charge >= 0.3 is 0 Å². The molecule has 214 valence electrons. The molecule has 2 aromatic rings. The number of carbonyl (C=O) groups is 2. The van der Waals surface area contributed by atoms with E-state index in [1.807, 2.05) is 18.4 Å². The van der Waals surface area contributed by atoms with Crippen LogP contribution in [0.3, 0.4) is 0 Å². The average Bonchev–Trinajstić information content (AvgIpc) is 2.91. The van der Waals surface area contributed by atoms with Gasteiger partial charge in [-0.05, 0) is 79.4 Å². The smallest absolute Gasteiger partial charge is 0.242 e. The Hall–Kier alpha value is -2.62. The van der Waals surface area contributed by atoms with Crippen molar-refractivity contribution in [1.82, 2.24) is 16.0 Å². The first kappa shape index (κ1) is 30.9. The summed E-state index contributed by atoms with van der Waals surface area (Å²) >= 11 is 1.60. The number of aliphatic hydroxyl groups is 1. The lowest BCUT2D eigenvalue weighted by molar-refractivity contribution is -0.130. The van der Waals surface area contributed by atoms with E-state index in [2.05, 4.69) is 35.0 Å². The predicted octanol–water partition coefficient (Wildman–Crippen LogP) is 3.76. The topological polar surface area (TPSA) is 99.7 Å². The molecular formula is C30H42FN3O4S. The number of fused-ring (bicyclic) bond motifs is 2. The number of amides is 2. The lowest BCUT2D eigenvalue weighted by Gasteiger charge is -2.28. The second kappa shape index (κ2) is 16.5. The molecule has 0 saturated carbocycles. The zero-order valence-electron chi connectivity index (χ0n) is 23.0. The molecule has 0 fully saturated rings. The van der Waals surface area contributed by atoms with E-state index in [-0.39, 0.29) is 24.8 Å². The van der Waals surface area contributed by atoms with E-state index in [1.54, 1.807) is 17.8 Å². The van der Waals surface area contributed by atoms with E-state index in [4.69, 9.17) is 4.74 Å². The van der Waals surface area contributed by atoms with E-state index in [1.165, 1.54) is 17.7 Å². The van der Waals surface area contributed by atoms with Gasteiger partial charge in [0.25, 0.3) is 0 Å². The second-order valence-electron chi connectivity index (χ2n) is 10.0. The van der Waals surface area contributed by atoms with Gasteiger partial charge in [-0.3, -0.25) is 9.59 Å². The summed E-state index contributed by atoms with van der Waals surface area (Å²) in [5.74, 6) is 0.180. The van der Waals surface area contributed by atoms with Crippen LogP contribution in [0.25, 0.3) is 0 Å². The molecule has 2 bridgehead atoms. The fraction of sp³-hybridized carbons (Fsp3) is 0.533. The molecule has 3 atom stereocenters. The largest absolute Gasteiger partial charge is 0.493 e. The molecule has 7 nitrogen and oxygen atoms in total. The van der Waals surface area contributed by atoms with Gasteiger partial charge in [0.2, 0.25) is 11.8 Å². The van der Waals surface area contributed by atoms with Crippen molar-refractivity contribution >= 4 is 23.6 Å². The molecule has 39 heavy (non-hydrogen) atoms. The number of thioether (sulfide) groups is 1. The Bertz CT molecular complexity index is 1070. The molecule has 1 aliphatic rings. The minimum Gasteiger partial charge on any atom is -0.493 e. The monoisotopic (exact) mass is 559 g/mol. The summed E-state index contributed by atoms with van der Waals surface area (Å²) in [4.78, 5) is 25.9. The summed E-state index contributed by atoms with van der Waals surface area (Å²) in [6, 6.07) is 11.3. The lowest BCUT2D eigenvalue weighted by atomic mass is 9.99. The summed E-state index contributed by atoms with van der Waals surface area (Å²) in [6.45, 7) is 3.32. The Morgan fingerprint density at radius 3 is 2.74 bits per heavy atom. The molecule has 0 saturated heterocycles. The fourth-order valence-corrected chi connectivity index (χ4v) is 5.11. The minimum atomic E-state index is -0.952. The zero-order chi connectivity index (χ0) is 28.0. The molecule has 0 spiro atoms. The Balaban J connectivity index is 1.79. The van der Waals surface area contributed by atoms with Gasteiger partial charge in [0.15, 0.2) is 0 Å². The Morgan fingerprint density at radius 2 is 1.95 bits per heavy atom. The number of halogens is 1. The highest BCUT2D eigenvalue weighted by Crippen LogP contribution is 2.20. The molecule has 2 amide bonds. The summed E-state index contributed by atoms with van der Waals surface area (Å²) in [5, 5.41) is 20.3. The molecule has 0 aliphatic carbocycles. The van der Waals surface area contributed by atoms with Crippen LogP contribution in [0, 0.1) is 5.82 Å². The van der Waals surface area contributed by atoms with Gasteiger partial charge in [-0.15, -0.1) is 0 Å². The Labute approximate surface area is 235 Å². The van der Waals surface area contributed by atoms with E-state index >= 15 is 0 Å². The number of hydrogen-bond acceptors (Lipinski definition) is 6. The van der Waals surface area contributed by atoms with E-state index in [0.29, 0.717) is 49.5 Å². The van der Waals surface area contributed by atoms with Crippen LogP contribution < -0.4 is 20.7 Å². The number of benzene rings is 2. The number of ether oxygens (including phenoxy) is 1. The van der Waals surface area contributed by atoms with Gasteiger partial charge in [-0.2, -0.15) is 11.8 Å². The molecule has 0 radical (unpaired) electrons. The van der Waals surface area contributed by atoms with Gasteiger partial charge in [-0.1, -0.05) is 31.2 Å². The molecule has 2 aromatic carbocycles. The summed E-state index contributed by atoms with van der Waals surface area (Å²) in [7, 11) is 0. The van der Waals surface area contributed by atoms with Crippen molar-refractivity contribution in [2.45, 2.75) is 76.6 Å². The van der Waals surface area contributed by atoms with Crippen LogP contribution in [0.15, 0.2) is 42.5 Å². The normalized spacial score (nSPS) is 20.0. The van der Waals surface area contributed by atoms with Crippen molar-refractivity contribution in [3.63, 3.8) is 0 Å². The summed E-state index contributed by atoms with van der Waals surface area (Å²) < 4.78 is 20.2. The summed E-state index contributed by atoms with van der Waals surface area (Å²) in [5.41, 5.74) is 2.96. The predicted molar refractivity (Wildman–Crippen MR) is 154 cm³/mol.